The summed E-state index contributed by atoms with van der Waals surface area (Å²) in [5, 5.41) is 13.7. The van der Waals surface area contributed by atoms with Crippen LogP contribution in [0, 0.1) is 10.1 Å². The van der Waals surface area contributed by atoms with Crippen molar-refractivity contribution in [3.8, 4) is 0 Å². The predicted octanol–water partition coefficient (Wildman–Crippen LogP) is 2.15. The average molecular weight is 276 g/mol. The number of amides is 1. The molecular formula is C14H16N2O4. The smallest absolute Gasteiger partial charge is 0.270 e. The fourth-order valence-corrected chi connectivity index (χ4v) is 2.10. The van der Waals surface area contributed by atoms with Crippen LogP contribution < -0.4 is 5.32 Å². The van der Waals surface area contributed by atoms with Gasteiger partial charge in [-0.05, 0) is 24.5 Å². The van der Waals surface area contributed by atoms with Crippen LogP contribution >= 0.6 is 0 Å². The van der Waals surface area contributed by atoms with Crippen LogP contribution in [0.15, 0.2) is 24.8 Å². The first-order valence-corrected chi connectivity index (χ1v) is 6.40. The number of non-ortho nitro benzene ring substituents is 1. The van der Waals surface area contributed by atoms with Gasteiger partial charge in [-0.2, -0.15) is 0 Å². The zero-order valence-electron chi connectivity index (χ0n) is 11.0. The van der Waals surface area contributed by atoms with Crippen LogP contribution in [0.5, 0.6) is 0 Å². The number of ether oxygens (including phenoxy) is 1. The maximum Gasteiger partial charge on any atom is 0.270 e. The first kappa shape index (κ1) is 14.2. The molecule has 106 valence electrons. The molecule has 0 unspecified atom stereocenters. The van der Waals surface area contributed by atoms with Gasteiger partial charge >= 0.3 is 0 Å². The lowest BCUT2D eigenvalue weighted by Crippen LogP contribution is -2.38. The molecule has 0 saturated carbocycles. The van der Waals surface area contributed by atoms with Gasteiger partial charge in [-0.3, -0.25) is 14.9 Å². The Bertz CT molecular complexity index is 536. The van der Waals surface area contributed by atoms with Crippen molar-refractivity contribution in [2.75, 3.05) is 13.2 Å². The van der Waals surface area contributed by atoms with Crippen LogP contribution in [0.1, 0.15) is 28.8 Å². The molecule has 1 amide bonds. The fourth-order valence-electron chi connectivity index (χ4n) is 2.10. The number of carbonyl (C=O) groups is 1. The largest absolute Gasteiger partial charge is 0.381 e. The predicted molar refractivity (Wildman–Crippen MR) is 74.5 cm³/mol. The molecule has 0 spiro atoms. The van der Waals surface area contributed by atoms with Gasteiger partial charge in [-0.15, -0.1) is 0 Å². The Morgan fingerprint density at radius 1 is 1.40 bits per heavy atom. The number of nitrogens with one attached hydrogen (secondary N) is 1. The van der Waals surface area contributed by atoms with Gasteiger partial charge in [0.2, 0.25) is 0 Å². The van der Waals surface area contributed by atoms with Crippen LogP contribution in [-0.4, -0.2) is 30.1 Å². The van der Waals surface area contributed by atoms with E-state index in [1.165, 1.54) is 18.2 Å². The normalized spacial score (nSPS) is 15.6. The summed E-state index contributed by atoms with van der Waals surface area (Å²) in [5.74, 6) is -0.302. The van der Waals surface area contributed by atoms with E-state index >= 15 is 0 Å². The molecule has 0 radical (unpaired) electrons. The highest BCUT2D eigenvalue weighted by Crippen LogP contribution is 2.18. The Balaban J connectivity index is 2.17. The summed E-state index contributed by atoms with van der Waals surface area (Å²) in [6.45, 7) is 4.82. The van der Waals surface area contributed by atoms with Crippen molar-refractivity contribution in [3.63, 3.8) is 0 Å². The summed E-state index contributed by atoms with van der Waals surface area (Å²) in [7, 11) is 0. The SMILES string of the molecule is C=Cc1cc(C(=O)NC2CCOCC2)cc([N+](=O)[O-])c1. The molecule has 0 bridgehead atoms. The first-order chi connectivity index (χ1) is 9.60. The summed E-state index contributed by atoms with van der Waals surface area (Å²) < 4.78 is 5.22. The third-order valence-corrected chi connectivity index (χ3v) is 3.21. The zero-order chi connectivity index (χ0) is 14.5. The monoisotopic (exact) mass is 276 g/mol. The van der Waals surface area contributed by atoms with Gasteiger partial charge < -0.3 is 10.1 Å². The van der Waals surface area contributed by atoms with Crippen molar-refractivity contribution in [1.82, 2.24) is 5.32 Å². The number of rotatable bonds is 4. The van der Waals surface area contributed by atoms with Gasteiger partial charge in [-0.1, -0.05) is 12.7 Å². The molecule has 0 aliphatic carbocycles. The molecule has 20 heavy (non-hydrogen) atoms. The van der Waals surface area contributed by atoms with E-state index < -0.39 is 4.92 Å². The van der Waals surface area contributed by atoms with E-state index in [1.54, 1.807) is 6.07 Å². The fraction of sp³-hybridized carbons (Fsp3) is 0.357. The molecule has 2 rings (SSSR count). The standard InChI is InChI=1S/C14H16N2O4/c1-2-10-7-11(9-13(8-10)16(18)19)14(17)15-12-3-5-20-6-4-12/h2,7-9,12H,1,3-6H2,(H,15,17). The van der Waals surface area contributed by atoms with Crippen molar-refractivity contribution in [1.29, 1.82) is 0 Å². The van der Waals surface area contributed by atoms with Gasteiger partial charge in [0.1, 0.15) is 0 Å². The molecule has 1 N–H and O–H groups in total. The summed E-state index contributed by atoms with van der Waals surface area (Å²) in [6, 6.07) is 4.32. The number of nitrogens with zero attached hydrogens (tertiary/aromatic N) is 1. The minimum atomic E-state index is -0.516. The van der Waals surface area contributed by atoms with E-state index in [1.807, 2.05) is 0 Å². The van der Waals surface area contributed by atoms with Crippen LogP contribution in [0.2, 0.25) is 0 Å². The van der Waals surface area contributed by atoms with Gasteiger partial charge in [-0.25, -0.2) is 0 Å². The second-order valence-electron chi connectivity index (χ2n) is 4.63. The molecule has 1 aromatic rings. The van der Waals surface area contributed by atoms with Crippen molar-refractivity contribution >= 4 is 17.7 Å². The number of hydrogen-bond donors (Lipinski definition) is 1. The summed E-state index contributed by atoms with van der Waals surface area (Å²) in [4.78, 5) is 22.5. The number of benzene rings is 1. The first-order valence-electron chi connectivity index (χ1n) is 6.40. The van der Waals surface area contributed by atoms with Crippen LogP contribution in [0.3, 0.4) is 0 Å². The minimum absolute atomic E-state index is 0.0580. The number of nitro benzene ring substituents is 1. The lowest BCUT2D eigenvalue weighted by atomic mass is 10.1. The van der Waals surface area contributed by atoms with Gasteiger partial charge in [0.25, 0.3) is 11.6 Å². The molecule has 1 aliphatic rings. The van der Waals surface area contributed by atoms with Crippen molar-refractivity contribution < 1.29 is 14.5 Å². The lowest BCUT2D eigenvalue weighted by molar-refractivity contribution is -0.384. The summed E-state index contributed by atoms with van der Waals surface area (Å²) >= 11 is 0. The van der Waals surface area contributed by atoms with E-state index in [-0.39, 0.29) is 23.2 Å². The summed E-state index contributed by atoms with van der Waals surface area (Å²) in [5.41, 5.74) is 0.719. The zero-order valence-corrected chi connectivity index (χ0v) is 11.0. The van der Waals surface area contributed by atoms with Crippen molar-refractivity contribution in [2.45, 2.75) is 18.9 Å². The second kappa shape index (κ2) is 6.29. The lowest BCUT2D eigenvalue weighted by Gasteiger charge is -2.23. The van der Waals surface area contributed by atoms with E-state index in [9.17, 15) is 14.9 Å². The molecule has 6 nitrogen and oxygen atoms in total. The number of carbonyl (C=O) groups excluding carboxylic acids is 1. The maximum absolute atomic E-state index is 12.1. The van der Waals surface area contributed by atoms with Crippen LogP contribution in [0.25, 0.3) is 6.08 Å². The topological polar surface area (TPSA) is 81.5 Å². The highest BCUT2D eigenvalue weighted by Gasteiger charge is 2.19. The highest BCUT2D eigenvalue weighted by atomic mass is 16.6. The van der Waals surface area contributed by atoms with E-state index in [4.69, 9.17) is 4.74 Å². The molecule has 6 heteroatoms. The van der Waals surface area contributed by atoms with Crippen molar-refractivity contribution in [2.24, 2.45) is 0 Å². The third-order valence-electron chi connectivity index (χ3n) is 3.21. The number of nitro groups is 1. The molecule has 1 aromatic carbocycles. The Kier molecular flexibility index (Phi) is 4.47. The third kappa shape index (κ3) is 3.42. The van der Waals surface area contributed by atoms with Gasteiger partial charge in [0.05, 0.1) is 4.92 Å². The van der Waals surface area contributed by atoms with Crippen LogP contribution in [-0.2, 0) is 4.74 Å². The maximum atomic E-state index is 12.1. The number of hydrogen-bond acceptors (Lipinski definition) is 4. The van der Waals surface area contributed by atoms with E-state index in [0.717, 1.165) is 12.8 Å². The quantitative estimate of drug-likeness (QED) is 0.674. The molecule has 1 heterocycles. The van der Waals surface area contributed by atoms with E-state index in [2.05, 4.69) is 11.9 Å². The molecular weight excluding hydrogens is 260 g/mol. The Hall–Kier alpha value is -2.21. The minimum Gasteiger partial charge on any atom is -0.381 e. The molecule has 1 aliphatic heterocycles. The second-order valence-corrected chi connectivity index (χ2v) is 4.63. The Morgan fingerprint density at radius 2 is 2.10 bits per heavy atom. The highest BCUT2D eigenvalue weighted by molar-refractivity contribution is 5.95. The molecule has 0 aromatic heterocycles. The molecule has 1 fully saturated rings. The van der Waals surface area contributed by atoms with Crippen molar-refractivity contribution in [3.05, 3.63) is 46.0 Å². The van der Waals surface area contributed by atoms with Gasteiger partial charge in [0.15, 0.2) is 0 Å². The Morgan fingerprint density at radius 3 is 2.70 bits per heavy atom. The summed E-state index contributed by atoms with van der Waals surface area (Å²) in [6.07, 6.45) is 3.00. The average Bonchev–Trinajstić information content (AvgIpc) is 2.47. The Labute approximate surface area is 116 Å². The van der Waals surface area contributed by atoms with E-state index in [0.29, 0.717) is 18.8 Å². The molecule has 0 atom stereocenters. The molecule has 1 saturated heterocycles. The van der Waals surface area contributed by atoms with Crippen LogP contribution in [0.4, 0.5) is 5.69 Å². The van der Waals surface area contributed by atoms with Gasteiger partial charge in [0, 0.05) is 37.0 Å².